The first-order valence-corrected chi connectivity index (χ1v) is 6.88. The van der Waals surface area contributed by atoms with Gasteiger partial charge in [0.2, 0.25) is 11.8 Å². The Morgan fingerprint density at radius 3 is 2.41 bits per heavy atom. The summed E-state index contributed by atoms with van der Waals surface area (Å²) in [7, 11) is 3.04. The molecule has 0 saturated carbocycles. The van der Waals surface area contributed by atoms with Crippen molar-refractivity contribution in [3.63, 3.8) is 0 Å². The summed E-state index contributed by atoms with van der Waals surface area (Å²) in [6.07, 6.45) is 1.61. The molecule has 1 aromatic rings. The molecule has 5 nitrogen and oxygen atoms in total. The van der Waals surface area contributed by atoms with E-state index >= 15 is 0 Å². The van der Waals surface area contributed by atoms with E-state index in [9.17, 15) is 4.79 Å². The molecule has 1 aromatic heterocycles. The van der Waals surface area contributed by atoms with Crippen molar-refractivity contribution < 1.29 is 14.3 Å². The van der Waals surface area contributed by atoms with E-state index in [1.807, 2.05) is 0 Å². The van der Waals surface area contributed by atoms with Gasteiger partial charge >= 0.3 is 0 Å². The number of aromatic nitrogens is 2. The second-order valence-corrected chi connectivity index (χ2v) is 5.00. The summed E-state index contributed by atoms with van der Waals surface area (Å²) in [5, 5.41) is 1.05. The van der Waals surface area contributed by atoms with E-state index in [1.165, 1.54) is 26.0 Å². The van der Waals surface area contributed by atoms with E-state index in [0.717, 1.165) is 18.0 Å². The molecule has 0 amide bonds. The third-order valence-electron chi connectivity index (χ3n) is 1.88. The molecular weight excluding hydrogens is 308 g/mol. The minimum absolute atomic E-state index is 0.175. The van der Waals surface area contributed by atoms with Crippen LogP contribution >= 0.6 is 27.7 Å². The number of ether oxygens (including phenoxy) is 2. The quantitative estimate of drug-likeness (QED) is 0.331. The lowest BCUT2D eigenvalue weighted by atomic mass is 10.4. The summed E-state index contributed by atoms with van der Waals surface area (Å²) >= 11 is 4.59. The first-order chi connectivity index (χ1) is 8.23. The van der Waals surface area contributed by atoms with E-state index in [0.29, 0.717) is 16.9 Å². The van der Waals surface area contributed by atoms with Crippen molar-refractivity contribution in [2.24, 2.45) is 0 Å². The van der Waals surface area contributed by atoms with E-state index in [1.54, 1.807) is 6.07 Å². The molecular formula is C10H13BrN2O3S. The number of aldehydes is 1. The van der Waals surface area contributed by atoms with Gasteiger partial charge in [0.15, 0.2) is 5.16 Å². The van der Waals surface area contributed by atoms with Crippen molar-refractivity contribution in [1.29, 1.82) is 0 Å². The van der Waals surface area contributed by atoms with Gasteiger partial charge in [0.1, 0.15) is 6.29 Å². The molecule has 7 heteroatoms. The van der Waals surface area contributed by atoms with Gasteiger partial charge in [-0.15, -0.1) is 0 Å². The van der Waals surface area contributed by atoms with Crippen LogP contribution < -0.4 is 9.47 Å². The highest BCUT2D eigenvalue weighted by Gasteiger charge is 2.13. The van der Waals surface area contributed by atoms with Gasteiger partial charge < -0.3 is 14.3 Å². The van der Waals surface area contributed by atoms with E-state index in [4.69, 9.17) is 9.47 Å². The van der Waals surface area contributed by atoms with Gasteiger partial charge in [-0.25, -0.2) is 0 Å². The van der Waals surface area contributed by atoms with Crippen LogP contribution in [-0.4, -0.2) is 41.1 Å². The third kappa shape index (κ3) is 4.51. The third-order valence-corrected chi connectivity index (χ3v) is 3.38. The van der Waals surface area contributed by atoms with Crippen LogP contribution in [0.1, 0.15) is 6.42 Å². The van der Waals surface area contributed by atoms with Crippen LogP contribution in [0.25, 0.3) is 0 Å². The molecule has 0 fully saturated rings. The average Bonchev–Trinajstić information content (AvgIpc) is 2.37. The van der Waals surface area contributed by atoms with Crippen LogP contribution in [0.3, 0.4) is 0 Å². The maximum atomic E-state index is 10.8. The fraction of sp³-hybridized carbons (Fsp3) is 0.500. The molecule has 0 radical (unpaired) electrons. The number of rotatable bonds is 7. The molecule has 0 aliphatic heterocycles. The Kier molecular flexibility index (Phi) is 6.28. The lowest BCUT2D eigenvalue weighted by Crippen LogP contribution is -2.06. The number of halogens is 1. The topological polar surface area (TPSA) is 61.3 Å². The molecule has 0 spiro atoms. The van der Waals surface area contributed by atoms with Gasteiger partial charge in [-0.1, -0.05) is 27.7 Å². The van der Waals surface area contributed by atoms with Crippen LogP contribution in [0.15, 0.2) is 11.2 Å². The van der Waals surface area contributed by atoms with Crippen molar-refractivity contribution in [3.8, 4) is 11.8 Å². The van der Waals surface area contributed by atoms with Crippen molar-refractivity contribution in [2.75, 3.05) is 19.5 Å². The van der Waals surface area contributed by atoms with E-state index in [2.05, 4.69) is 25.9 Å². The van der Waals surface area contributed by atoms with E-state index < -0.39 is 0 Å². The molecule has 17 heavy (non-hydrogen) atoms. The summed E-state index contributed by atoms with van der Waals surface area (Å²) in [6.45, 7) is 0. The lowest BCUT2D eigenvalue weighted by molar-refractivity contribution is -0.107. The molecule has 1 unspecified atom stereocenters. The minimum atomic E-state index is -0.175. The Morgan fingerprint density at radius 1 is 1.41 bits per heavy atom. The van der Waals surface area contributed by atoms with Gasteiger partial charge in [-0.3, -0.25) is 0 Å². The maximum absolute atomic E-state index is 10.8. The van der Waals surface area contributed by atoms with Crippen LogP contribution in [0.5, 0.6) is 11.8 Å². The monoisotopic (exact) mass is 320 g/mol. The Hall–Kier alpha value is -0.820. The summed E-state index contributed by atoms with van der Waals surface area (Å²) in [6, 6.07) is 1.59. The fourth-order valence-electron chi connectivity index (χ4n) is 1.04. The summed E-state index contributed by atoms with van der Waals surface area (Å²) in [5.41, 5.74) is 0. The first kappa shape index (κ1) is 14.2. The molecule has 1 heterocycles. The largest absolute Gasteiger partial charge is 0.481 e. The first-order valence-electron chi connectivity index (χ1n) is 4.88. The van der Waals surface area contributed by atoms with Gasteiger partial charge in [0.05, 0.1) is 25.5 Å². The Balaban J connectivity index is 2.84. The molecule has 0 saturated heterocycles. The van der Waals surface area contributed by atoms with Crippen molar-refractivity contribution >= 4 is 34.0 Å². The zero-order valence-electron chi connectivity index (χ0n) is 9.55. The predicted octanol–water partition coefficient (Wildman–Crippen LogP) is 1.94. The zero-order chi connectivity index (χ0) is 12.7. The molecule has 1 atom stereocenters. The van der Waals surface area contributed by atoms with Gasteiger partial charge in [0.25, 0.3) is 0 Å². The van der Waals surface area contributed by atoms with E-state index in [-0.39, 0.29) is 5.25 Å². The number of methoxy groups -OCH3 is 2. The fourth-order valence-corrected chi connectivity index (χ4v) is 2.69. The lowest BCUT2D eigenvalue weighted by Gasteiger charge is -2.09. The summed E-state index contributed by atoms with van der Waals surface area (Å²) in [4.78, 5) is 19.1. The average molecular weight is 321 g/mol. The van der Waals surface area contributed by atoms with Crippen LogP contribution in [0.4, 0.5) is 0 Å². The summed E-state index contributed by atoms with van der Waals surface area (Å²) < 4.78 is 10.1. The Morgan fingerprint density at radius 2 is 2.00 bits per heavy atom. The number of carbonyl (C=O) groups is 1. The Labute approximate surface area is 112 Å². The molecule has 0 N–H and O–H groups in total. The maximum Gasteiger partial charge on any atom is 0.220 e. The van der Waals surface area contributed by atoms with Crippen molar-refractivity contribution in [2.45, 2.75) is 16.8 Å². The zero-order valence-corrected chi connectivity index (χ0v) is 12.0. The standard InChI is InChI=1S/C10H13BrN2O3S/c1-15-8-5-9(16-2)13-10(12-8)17-7(6-14)3-4-11/h5-7H,3-4H2,1-2H3. The highest BCUT2D eigenvalue weighted by atomic mass is 79.9. The van der Waals surface area contributed by atoms with Crippen LogP contribution in [0.2, 0.25) is 0 Å². The highest BCUT2D eigenvalue weighted by molar-refractivity contribution is 9.09. The Bertz CT molecular complexity index is 356. The highest BCUT2D eigenvalue weighted by Crippen LogP contribution is 2.25. The van der Waals surface area contributed by atoms with Gasteiger partial charge in [0, 0.05) is 5.33 Å². The normalized spacial score (nSPS) is 11.9. The molecule has 1 rings (SSSR count). The smallest absolute Gasteiger partial charge is 0.220 e. The minimum Gasteiger partial charge on any atom is -0.481 e. The SMILES string of the molecule is COc1cc(OC)nc(SC(C=O)CCBr)n1. The molecule has 0 aliphatic carbocycles. The van der Waals surface area contributed by atoms with Crippen molar-refractivity contribution in [3.05, 3.63) is 6.07 Å². The number of carbonyl (C=O) groups excluding carboxylic acids is 1. The number of hydrogen-bond donors (Lipinski definition) is 0. The molecule has 0 aliphatic rings. The van der Waals surface area contributed by atoms with Crippen LogP contribution in [0, 0.1) is 0 Å². The van der Waals surface area contributed by atoms with Crippen molar-refractivity contribution in [1.82, 2.24) is 9.97 Å². The predicted molar refractivity (Wildman–Crippen MR) is 69.3 cm³/mol. The molecule has 0 bridgehead atoms. The van der Waals surface area contributed by atoms with Gasteiger partial charge in [-0.05, 0) is 6.42 Å². The number of hydrogen-bond acceptors (Lipinski definition) is 6. The number of thioether (sulfide) groups is 1. The molecule has 94 valence electrons. The van der Waals surface area contributed by atoms with Crippen LogP contribution in [-0.2, 0) is 4.79 Å². The number of nitrogens with zero attached hydrogens (tertiary/aromatic N) is 2. The number of alkyl halides is 1. The van der Waals surface area contributed by atoms with Gasteiger partial charge in [-0.2, -0.15) is 9.97 Å². The second-order valence-electron chi connectivity index (χ2n) is 3.01. The molecule has 0 aromatic carbocycles. The second kappa shape index (κ2) is 7.50. The summed E-state index contributed by atoms with van der Waals surface area (Å²) in [5.74, 6) is 0.839.